The van der Waals surface area contributed by atoms with Crippen molar-refractivity contribution in [3.05, 3.63) is 28.6 Å². The number of nitrogens with zero attached hydrogens (tertiary/aromatic N) is 3. The molecule has 5 heteroatoms. The number of hydrogen-bond donors (Lipinski definition) is 1. The van der Waals surface area contributed by atoms with Gasteiger partial charge in [-0.3, -0.25) is 0 Å². The zero-order chi connectivity index (χ0) is 11.0. The predicted molar refractivity (Wildman–Crippen MR) is 65.5 cm³/mol. The molecule has 0 aromatic carbocycles. The van der Waals surface area contributed by atoms with Gasteiger partial charge in [-0.1, -0.05) is 0 Å². The molecule has 0 unspecified atom stereocenters. The second kappa shape index (κ2) is 4.14. The van der Waals surface area contributed by atoms with Crippen molar-refractivity contribution in [2.45, 2.75) is 18.8 Å². The van der Waals surface area contributed by atoms with Crippen molar-refractivity contribution in [3.63, 3.8) is 0 Å². The topological polar surface area (TPSA) is 42.2 Å². The maximum Gasteiger partial charge on any atom is 0.169 e. The van der Waals surface area contributed by atoms with Gasteiger partial charge in [0.1, 0.15) is 0 Å². The summed E-state index contributed by atoms with van der Waals surface area (Å²) in [6.07, 6.45) is 4.21. The van der Waals surface area contributed by atoms with Gasteiger partial charge in [0, 0.05) is 12.1 Å². The molecule has 1 aliphatic heterocycles. The van der Waals surface area contributed by atoms with E-state index in [1.807, 2.05) is 22.8 Å². The van der Waals surface area contributed by atoms with Crippen LogP contribution in [0.2, 0.25) is 0 Å². The van der Waals surface area contributed by atoms with E-state index in [2.05, 4.69) is 31.3 Å². The molecule has 0 atom stereocenters. The monoisotopic (exact) mass is 280 g/mol. The average Bonchev–Trinajstić information content (AvgIpc) is 2.76. The van der Waals surface area contributed by atoms with Gasteiger partial charge in [-0.15, -0.1) is 0 Å². The van der Waals surface area contributed by atoms with Gasteiger partial charge in [-0.25, -0.2) is 9.50 Å². The summed E-state index contributed by atoms with van der Waals surface area (Å²) in [5.41, 5.74) is 0.913. The standard InChI is InChI=1S/C11H13BrN4/c12-9-2-1-7-16-11(9)14-10(15-16)8-3-5-13-6-4-8/h1-2,7-8,13H,3-6H2. The highest BCUT2D eigenvalue weighted by atomic mass is 79.9. The van der Waals surface area contributed by atoms with Gasteiger partial charge in [-0.05, 0) is 54.0 Å². The normalized spacial score (nSPS) is 18.1. The highest BCUT2D eigenvalue weighted by Gasteiger charge is 2.19. The number of aromatic nitrogens is 3. The first kappa shape index (κ1) is 10.2. The molecule has 1 aliphatic rings. The lowest BCUT2D eigenvalue weighted by Crippen LogP contribution is -2.27. The summed E-state index contributed by atoms with van der Waals surface area (Å²) in [6.45, 7) is 2.14. The predicted octanol–water partition coefficient (Wildman–Crippen LogP) is 1.96. The van der Waals surface area contributed by atoms with E-state index < -0.39 is 0 Å². The maximum absolute atomic E-state index is 4.61. The number of nitrogens with one attached hydrogen (secondary N) is 1. The van der Waals surface area contributed by atoms with Crippen LogP contribution in [0, 0.1) is 0 Å². The van der Waals surface area contributed by atoms with Crippen molar-refractivity contribution in [1.29, 1.82) is 0 Å². The van der Waals surface area contributed by atoms with Crippen molar-refractivity contribution in [3.8, 4) is 0 Å². The Hall–Kier alpha value is -0.940. The SMILES string of the molecule is Brc1cccn2nc(C3CCNCC3)nc12. The summed E-state index contributed by atoms with van der Waals surface area (Å²) in [4.78, 5) is 4.61. The van der Waals surface area contributed by atoms with Crippen molar-refractivity contribution in [2.24, 2.45) is 0 Å². The molecule has 1 N–H and O–H groups in total. The lowest BCUT2D eigenvalue weighted by atomic mass is 9.98. The van der Waals surface area contributed by atoms with Gasteiger partial charge in [0.15, 0.2) is 11.5 Å². The van der Waals surface area contributed by atoms with Gasteiger partial charge in [0.2, 0.25) is 0 Å². The molecule has 84 valence electrons. The summed E-state index contributed by atoms with van der Waals surface area (Å²) in [5.74, 6) is 1.49. The summed E-state index contributed by atoms with van der Waals surface area (Å²) in [5, 5.41) is 7.90. The van der Waals surface area contributed by atoms with Crippen LogP contribution in [0.3, 0.4) is 0 Å². The second-order valence-corrected chi connectivity index (χ2v) is 4.97. The molecule has 2 aromatic heterocycles. The Kier molecular flexibility index (Phi) is 2.65. The van der Waals surface area contributed by atoms with Gasteiger partial charge in [0.25, 0.3) is 0 Å². The number of hydrogen-bond acceptors (Lipinski definition) is 3. The van der Waals surface area contributed by atoms with Gasteiger partial charge in [0.05, 0.1) is 4.47 Å². The molecule has 0 aliphatic carbocycles. The molecular formula is C11H13BrN4. The quantitative estimate of drug-likeness (QED) is 0.869. The van der Waals surface area contributed by atoms with Crippen LogP contribution in [0.15, 0.2) is 22.8 Å². The zero-order valence-corrected chi connectivity index (χ0v) is 10.4. The van der Waals surface area contributed by atoms with Crippen molar-refractivity contribution in [2.75, 3.05) is 13.1 Å². The molecule has 2 aromatic rings. The molecule has 0 saturated carbocycles. The molecule has 1 fully saturated rings. The fourth-order valence-corrected chi connectivity index (χ4v) is 2.57. The van der Waals surface area contributed by atoms with E-state index >= 15 is 0 Å². The number of piperidine rings is 1. The third-order valence-corrected chi connectivity index (χ3v) is 3.65. The Morgan fingerprint density at radius 2 is 2.19 bits per heavy atom. The lowest BCUT2D eigenvalue weighted by molar-refractivity contribution is 0.445. The van der Waals surface area contributed by atoms with E-state index in [-0.39, 0.29) is 0 Å². The molecular weight excluding hydrogens is 268 g/mol. The van der Waals surface area contributed by atoms with E-state index in [4.69, 9.17) is 0 Å². The van der Waals surface area contributed by atoms with Crippen LogP contribution >= 0.6 is 15.9 Å². The van der Waals surface area contributed by atoms with E-state index in [9.17, 15) is 0 Å². The van der Waals surface area contributed by atoms with Crippen LogP contribution in [-0.2, 0) is 0 Å². The summed E-state index contributed by atoms with van der Waals surface area (Å²) < 4.78 is 2.85. The van der Waals surface area contributed by atoms with E-state index in [1.54, 1.807) is 0 Å². The average molecular weight is 281 g/mol. The first-order valence-corrected chi connectivity index (χ1v) is 6.35. The number of fused-ring (bicyclic) bond motifs is 1. The van der Waals surface area contributed by atoms with Crippen molar-refractivity contribution < 1.29 is 0 Å². The van der Waals surface area contributed by atoms with Crippen LogP contribution in [-0.4, -0.2) is 27.7 Å². The highest BCUT2D eigenvalue weighted by molar-refractivity contribution is 9.10. The molecule has 4 nitrogen and oxygen atoms in total. The highest BCUT2D eigenvalue weighted by Crippen LogP contribution is 2.24. The Labute approximate surface area is 102 Å². The summed E-state index contributed by atoms with van der Waals surface area (Å²) >= 11 is 3.50. The molecule has 3 heterocycles. The van der Waals surface area contributed by atoms with E-state index in [0.717, 1.165) is 41.9 Å². The lowest BCUT2D eigenvalue weighted by Gasteiger charge is -2.19. The number of halogens is 1. The summed E-state index contributed by atoms with van der Waals surface area (Å²) in [7, 11) is 0. The Bertz CT molecular complexity index is 502. The first-order chi connectivity index (χ1) is 7.84. The van der Waals surface area contributed by atoms with Gasteiger partial charge in [-0.2, -0.15) is 5.10 Å². The minimum Gasteiger partial charge on any atom is -0.317 e. The third-order valence-electron chi connectivity index (χ3n) is 3.04. The molecule has 3 rings (SSSR count). The van der Waals surface area contributed by atoms with Crippen LogP contribution in [0.5, 0.6) is 0 Å². The molecule has 16 heavy (non-hydrogen) atoms. The smallest absolute Gasteiger partial charge is 0.169 e. The molecule has 0 bridgehead atoms. The van der Waals surface area contributed by atoms with Gasteiger partial charge >= 0.3 is 0 Å². The van der Waals surface area contributed by atoms with Crippen LogP contribution in [0.4, 0.5) is 0 Å². The van der Waals surface area contributed by atoms with Crippen LogP contribution in [0.1, 0.15) is 24.6 Å². The second-order valence-electron chi connectivity index (χ2n) is 4.12. The van der Waals surface area contributed by atoms with Crippen molar-refractivity contribution >= 4 is 21.6 Å². The Balaban J connectivity index is 2.01. The largest absolute Gasteiger partial charge is 0.317 e. The maximum atomic E-state index is 4.61. The van der Waals surface area contributed by atoms with Crippen molar-refractivity contribution in [1.82, 2.24) is 19.9 Å². The third kappa shape index (κ3) is 1.74. The van der Waals surface area contributed by atoms with Gasteiger partial charge < -0.3 is 5.32 Å². The Morgan fingerprint density at radius 3 is 2.94 bits per heavy atom. The Morgan fingerprint density at radius 1 is 1.38 bits per heavy atom. The van der Waals surface area contributed by atoms with Crippen LogP contribution < -0.4 is 5.32 Å². The molecule has 1 saturated heterocycles. The molecule has 0 amide bonds. The summed E-state index contributed by atoms with van der Waals surface area (Å²) in [6, 6.07) is 3.97. The number of rotatable bonds is 1. The fraction of sp³-hybridized carbons (Fsp3) is 0.455. The van der Waals surface area contributed by atoms with E-state index in [1.165, 1.54) is 0 Å². The fourth-order valence-electron chi connectivity index (χ4n) is 2.14. The minimum absolute atomic E-state index is 0.507. The molecule has 0 radical (unpaired) electrons. The molecule has 0 spiro atoms. The zero-order valence-electron chi connectivity index (χ0n) is 8.86. The van der Waals surface area contributed by atoms with Crippen LogP contribution in [0.25, 0.3) is 5.65 Å². The number of pyridine rings is 1. The first-order valence-electron chi connectivity index (χ1n) is 5.56. The minimum atomic E-state index is 0.507. The van der Waals surface area contributed by atoms with E-state index in [0.29, 0.717) is 5.92 Å².